The summed E-state index contributed by atoms with van der Waals surface area (Å²) >= 11 is 12.0. The predicted octanol–water partition coefficient (Wildman–Crippen LogP) is 4.22. The molecule has 128 valence electrons. The van der Waals surface area contributed by atoms with Crippen LogP contribution in [-0.2, 0) is 4.74 Å². The minimum Gasteiger partial charge on any atom is -0.443 e. The van der Waals surface area contributed by atoms with E-state index < -0.39 is 11.7 Å². The van der Waals surface area contributed by atoms with Gasteiger partial charge in [-0.3, -0.25) is 5.01 Å². The molecule has 1 saturated carbocycles. The SMILES string of the molecule is CC(C)(C)OC(=O)NN(CC1CCCC1)c1nc(Cl)ncc1Cl. The molecule has 0 unspecified atom stereocenters. The Kier molecular flexibility index (Phi) is 5.92. The zero-order chi connectivity index (χ0) is 17.0. The summed E-state index contributed by atoms with van der Waals surface area (Å²) in [7, 11) is 0. The molecule has 23 heavy (non-hydrogen) atoms. The number of carbonyl (C=O) groups is 1. The number of hydrogen-bond donors (Lipinski definition) is 1. The molecule has 1 fully saturated rings. The molecule has 0 bridgehead atoms. The number of hydrogen-bond acceptors (Lipinski definition) is 5. The van der Waals surface area contributed by atoms with Gasteiger partial charge in [-0.1, -0.05) is 24.4 Å². The van der Waals surface area contributed by atoms with Gasteiger partial charge in [-0.2, -0.15) is 4.98 Å². The molecule has 0 radical (unpaired) electrons. The molecular weight excluding hydrogens is 339 g/mol. The zero-order valence-electron chi connectivity index (χ0n) is 13.6. The molecule has 1 heterocycles. The van der Waals surface area contributed by atoms with Gasteiger partial charge in [0.25, 0.3) is 0 Å². The Morgan fingerprint density at radius 1 is 1.39 bits per heavy atom. The molecule has 1 aromatic rings. The fourth-order valence-corrected chi connectivity index (χ4v) is 2.90. The fraction of sp³-hybridized carbons (Fsp3) is 0.667. The van der Waals surface area contributed by atoms with E-state index in [0.717, 1.165) is 12.8 Å². The van der Waals surface area contributed by atoms with E-state index >= 15 is 0 Å². The predicted molar refractivity (Wildman–Crippen MR) is 90.7 cm³/mol. The average molecular weight is 361 g/mol. The first-order valence-corrected chi connectivity index (χ1v) is 8.45. The third-order valence-electron chi connectivity index (χ3n) is 3.49. The van der Waals surface area contributed by atoms with Gasteiger partial charge in [0.2, 0.25) is 5.28 Å². The molecule has 1 aromatic heterocycles. The Bertz CT molecular complexity index is 557. The summed E-state index contributed by atoms with van der Waals surface area (Å²) in [5.41, 5.74) is 2.14. The van der Waals surface area contributed by atoms with Crippen molar-refractivity contribution in [2.45, 2.75) is 52.1 Å². The van der Waals surface area contributed by atoms with E-state index in [1.807, 2.05) is 20.8 Å². The number of nitrogens with one attached hydrogen (secondary N) is 1. The summed E-state index contributed by atoms with van der Waals surface area (Å²) in [6.45, 7) is 6.03. The molecule has 0 atom stereocenters. The molecule has 1 aliphatic rings. The minimum absolute atomic E-state index is 0.0758. The summed E-state index contributed by atoms with van der Waals surface area (Å²) < 4.78 is 5.31. The summed E-state index contributed by atoms with van der Waals surface area (Å²) in [5, 5.41) is 2.01. The maximum atomic E-state index is 12.1. The quantitative estimate of drug-likeness (QED) is 0.642. The van der Waals surface area contributed by atoms with Crippen molar-refractivity contribution in [3.05, 3.63) is 16.5 Å². The monoisotopic (exact) mass is 360 g/mol. The molecule has 0 saturated heterocycles. The topological polar surface area (TPSA) is 67.3 Å². The van der Waals surface area contributed by atoms with Gasteiger partial charge in [0, 0.05) is 6.54 Å². The third-order valence-corrected chi connectivity index (χ3v) is 3.94. The molecule has 0 aliphatic heterocycles. The lowest BCUT2D eigenvalue weighted by molar-refractivity contribution is 0.0518. The Labute approximate surface area is 146 Å². The molecule has 1 aliphatic carbocycles. The van der Waals surface area contributed by atoms with Crippen LogP contribution < -0.4 is 10.4 Å². The van der Waals surface area contributed by atoms with Crippen molar-refractivity contribution in [1.82, 2.24) is 15.4 Å². The van der Waals surface area contributed by atoms with Crippen molar-refractivity contribution < 1.29 is 9.53 Å². The van der Waals surface area contributed by atoms with Crippen molar-refractivity contribution in [3.8, 4) is 0 Å². The van der Waals surface area contributed by atoms with Gasteiger partial charge in [-0.15, -0.1) is 0 Å². The number of aromatic nitrogens is 2. The van der Waals surface area contributed by atoms with Crippen LogP contribution in [0.4, 0.5) is 10.6 Å². The molecule has 0 spiro atoms. The van der Waals surface area contributed by atoms with E-state index in [-0.39, 0.29) is 5.28 Å². The number of nitrogens with zero attached hydrogens (tertiary/aromatic N) is 3. The van der Waals surface area contributed by atoms with E-state index in [1.54, 1.807) is 5.01 Å². The highest BCUT2D eigenvalue weighted by atomic mass is 35.5. The van der Waals surface area contributed by atoms with Crippen molar-refractivity contribution in [1.29, 1.82) is 0 Å². The summed E-state index contributed by atoms with van der Waals surface area (Å²) in [4.78, 5) is 20.1. The number of rotatable bonds is 4. The first kappa shape index (κ1) is 18.1. The number of amides is 1. The normalized spacial score (nSPS) is 15.5. The van der Waals surface area contributed by atoms with Gasteiger partial charge >= 0.3 is 6.09 Å². The molecule has 8 heteroatoms. The van der Waals surface area contributed by atoms with Crippen molar-refractivity contribution in [2.75, 3.05) is 11.6 Å². The van der Waals surface area contributed by atoms with Crippen molar-refractivity contribution in [2.24, 2.45) is 5.92 Å². The standard InChI is InChI=1S/C15H22Cl2N4O2/c1-15(2,3)23-14(22)20-21(9-10-6-4-5-7-10)12-11(16)8-18-13(17)19-12/h8,10H,4-7,9H2,1-3H3,(H,20,22). The van der Waals surface area contributed by atoms with Crippen LogP contribution in [0.2, 0.25) is 10.3 Å². The molecular formula is C15H22Cl2N4O2. The average Bonchev–Trinajstić information content (AvgIpc) is 2.91. The number of carbonyl (C=O) groups excluding carboxylic acids is 1. The Balaban J connectivity index is 2.17. The number of anilines is 1. The second kappa shape index (κ2) is 7.53. The Hall–Kier alpha value is -1.27. The van der Waals surface area contributed by atoms with E-state index in [0.29, 0.717) is 23.3 Å². The first-order valence-electron chi connectivity index (χ1n) is 7.70. The van der Waals surface area contributed by atoms with Gasteiger partial charge in [0.1, 0.15) is 10.6 Å². The van der Waals surface area contributed by atoms with E-state index in [9.17, 15) is 4.79 Å². The van der Waals surface area contributed by atoms with Gasteiger partial charge in [-0.25, -0.2) is 15.2 Å². The lowest BCUT2D eigenvalue weighted by Crippen LogP contribution is -2.47. The van der Waals surface area contributed by atoms with Crippen LogP contribution in [0, 0.1) is 5.92 Å². The number of hydrazine groups is 1. The van der Waals surface area contributed by atoms with E-state index in [2.05, 4.69) is 15.4 Å². The van der Waals surface area contributed by atoms with Gasteiger partial charge in [-0.05, 0) is 51.1 Å². The third kappa shape index (κ3) is 5.70. The Morgan fingerprint density at radius 3 is 2.65 bits per heavy atom. The van der Waals surface area contributed by atoms with Gasteiger partial charge in [0.05, 0.1) is 6.20 Å². The van der Waals surface area contributed by atoms with Crippen LogP contribution in [0.15, 0.2) is 6.20 Å². The van der Waals surface area contributed by atoms with Crippen LogP contribution in [0.1, 0.15) is 46.5 Å². The van der Waals surface area contributed by atoms with Crippen LogP contribution in [-0.4, -0.2) is 28.2 Å². The maximum absolute atomic E-state index is 12.1. The second-order valence-electron chi connectivity index (χ2n) is 6.69. The first-order chi connectivity index (χ1) is 10.7. The fourth-order valence-electron chi connectivity index (χ4n) is 2.57. The van der Waals surface area contributed by atoms with Gasteiger partial charge in [0.15, 0.2) is 5.82 Å². The molecule has 6 nitrogen and oxygen atoms in total. The maximum Gasteiger partial charge on any atom is 0.426 e. The van der Waals surface area contributed by atoms with Crippen LogP contribution in [0.25, 0.3) is 0 Å². The summed E-state index contributed by atoms with van der Waals surface area (Å²) in [5.74, 6) is 0.846. The van der Waals surface area contributed by atoms with Gasteiger partial charge < -0.3 is 4.74 Å². The van der Waals surface area contributed by atoms with E-state index in [1.165, 1.54) is 19.0 Å². The highest BCUT2D eigenvalue weighted by Crippen LogP contribution is 2.29. The van der Waals surface area contributed by atoms with Crippen LogP contribution in [0.3, 0.4) is 0 Å². The molecule has 2 rings (SSSR count). The molecule has 1 amide bonds. The largest absolute Gasteiger partial charge is 0.443 e. The second-order valence-corrected chi connectivity index (χ2v) is 7.43. The number of halogens is 2. The van der Waals surface area contributed by atoms with Crippen molar-refractivity contribution in [3.63, 3.8) is 0 Å². The molecule has 1 N–H and O–H groups in total. The van der Waals surface area contributed by atoms with E-state index in [4.69, 9.17) is 27.9 Å². The number of ether oxygens (including phenoxy) is 1. The van der Waals surface area contributed by atoms with Crippen LogP contribution >= 0.6 is 23.2 Å². The Morgan fingerprint density at radius 2 is 2.04 bits per heavy atom. The highest BCUT2D eigenvalue weighted by molar-refractivity contribution is 6.33. The summed E-state index contributed by atoms with van der Waals surface area (Å²) in [6, 6.07) is 0. The zero-order valence-corrected chi connectivity index (χ0v) is 15.1. The summed E-state index contributed by atoms with van der Waals surface area (Å²) in [6.07, 6.45) is 5.49. The highest BCUT2D eigenvalue weighted by Gasteiger charge is 2.25. The lowest BCUT2D eigenvalue weighted by atomic mass is 10.1. The molecule has 0 aromatic carbocycles. The van der Waals surface area contributed by atoms with Crippen molar-refractivity contribution >= 4 is 35.1 Å². The van der Waals surface area contributed by atoms with Crippen LogP contribution in [0.5, 0.6) is 0 Å². The minimum atomic E-state index is -0.587. The smallest absolute Gasteiger partial charge is 0.426 e. The lowest BCUT2D eigenvalue weighted by Gasteiger charge is -2.29.